The number of hydrogen-bond acceptors (Lipinski definition) is 2. The summed E-state index contributed by atoms with van der Waals surface area (Å²) in [6.45, 7) is 0.951. The topological polar surface area (TPSA) is 20.3 Å². The Morgan fingerprint density at radius 2 is 2.06 bits per heavy atom. The number of ketones is 1. The first-order valence-electron chi connectivity index (χ1n) is 5.71. The maximum absolute atomic E-state index is 12.0. The van der Waals surface area contributed by atoms with Crippen LogP contribution in [0.4, 0.5) is 0 Å². The van der Waals surface area contributed by atoms with Gasteiger partial charge in [0, 0.05) is 24.6 Å². The number of benzene rings is 1. The van der Waals surface area contributed by atoms with Crippen LogP contribution in [0.25, 0.3) is 0 Å². The fraction of sp³-hybridized carbons (Fsp3) is 0.357. The highest BCUT2D eigenvalue weighted by Crippen LogP contribution is 2.15. The van der Waals surface area contributed by atoms with Crippen LogP contribution >= 0.6 is 0 Å². The SMILES string of the molecule is CN1CC=CC[C@@H]1CC(=O)c1ccccc1. The molecule has 2 heteroatoms. The molecule has 0 aromatic heterocycles. The Morgan fingerprint density at radius 1 is 1.31 bits per heavy atom. The zero-order chi connectivity index (χ0) is 11.4. The molecule has 0 fully saturated rings. The maximum atomic E-state index is 12.0. The largest absolute Gasteiger partial charge is 0.299 e. The predicted molar refractivity (Wildman–Crippen MR) is 65.6 cm³/mol. The summed E-state index contributed by atoms with van der Waals surface area (Å²) in [6, 6.07) is 9.90. The Hall–Kier alpha value is -1.41. The quantitative estimate of drug-likeness (QED) is 0.570. The third-order valence-corrected chi connectivity index (χ3v) is 3.11. The molecule has 0 saturated carbocycles. The van der Waals surface area contributed by atoms with Gasteiger partial charge in [-0.2, -0.15) is 0 Å². The van der Waals surface area contributed by atoms with E-state index in [1.807, 2.05) is 30.3 Å². The normalized spacial score (nSPS) is 20.9. The number of likely N-dealkylation sites (N-methyl/N-ethyl adjacent to an activating group) is 1. The summed E-state index contributed by atoms with van der Waals surface area (Å²) in [5.41, 5.74) is 0.824. The van der Waals surface area contributed by atoms with E-state index in [9.17, 15) is 4.79 Å². The summed E-state index contributed by atoms with van der Waals surface area (Å²) in [5, 5.41) is 0. The second-order valence-electron chi connectivity index (χ2n) is 4.29. The van der Waals surface area contributed by atoms with Gasteiger partial charge in [-0.3, -0.25) is 9.69 Å². The van der Waals surface area contributed by atoms with Gasteiger partial charge < -0.3 is 0 Å². The third-order valence-electron chi connectivity index (χ3n) is 3.11. The molecule has 1 atom stereocenters. The van der Waals surface area contributed by atoms with E-state index in [1.165, 1.54) is 0 Å². The average Bonchev–Trinajstić information content (AvgIpc) is 2.33. The predicted octanol–water partition coefficient (Wildman–Crippen LogP) is 2.52. The molecule has 0 unspecified atom stereocenters. The van der Waals surface area contributed by atoms with Crippen molar-refractivity contribution in [3.63, 3.8) is 0 Å². The summed E-state index contributed by atoms with van der Waals surface area (Å²) >= 11 is 0. The van der Waals surface area contributed by atoms with Gasteiger partial charge in [-0.25, -0.2) is 0 Å². The van der Waals surface area contributed by atoms with E-state index in [4.69, 9.17) is 0 Å². The van der Waals surface area contributed by atoms with Crippen molar-refractivity contribution in [1.29, 1.82) is 0 Å². The molecule has 0 N–H and O–H groups in total. The van der Waals surface area contributed by atoms with Gasteiger partial charge in [0.15, 0.2) is 5.78 Å². The Kier molecular flexibility index (Phi) is 3.52. The zero-order valence-electron chi connectivity index (χ0n) is 9.60. The van der Waals surface area contributed by atoms with Crippen LogP contribution < -0.4 is 0 Å². The number of rotatable bonds is 3. The van der Waals surface area contributed by atoms with E-state index < -0.39 is 0 Å². The number of Topliss-reactive ketones (excluding diaryl/α,β-unsaturated/α-hetero) is 1. The minimum absolute atomic E-state index is 0.243. The van der Waals surface area contributed by atoms with Crippen molar-refractivity contribution in [3.8, 4) is 0 Å². The van der Waals surface area contributed by atoms with Crippen LogP contribution in [-0.4, -0.2) is 30.3 Å². The van der Waals surface area contributed by atoms with Crippen molar-refractivity contribution in [2.75, 3.05) is 13.6 Å². The molecule has 0 radical (unpaired) electrons. The van der Waals surface area contributed by atoms with E-state index in [1.54, 1.807) is 0 Å². The van der Waals surface area contributed by atoms with Crippen LogP contribution in [0.5, 0.6) is 0 Å². The smallest absolute Gasteiger partial charge is 0.164 e. The van der Waals surface area contributed by atoms with Gasteiger partial charge in [0.25, 0.3) is 0 Å². The first kappa shape index (κ1) is 11.1. The fourth-order valence-electron chi connectivity index (χ4n) is 2.02. The van der Waals surface area contributed by atoms with Gasteiger partial charge >= 0.3 is 0 Å². The molecule has 0 saturated heterocycles. The number of carbonyl (C=O) groups excluding carboxylic acids is 1. The standard InChI is InChI=1S/C14H17NO/c1-15-10-6-5-9-13(15)11-14(16)12-7-3-2-4-8-12/h2-8,13H,9-11H2,1H3/t13-/m1/s1. The van der Waals surface area contributed by atoms with Crippen molar-refractivity contribution in [1.82, 2.24) is 4.90 Å². The Balaban J connectivity index is 2.00. The van der Waals surface area contributed by atoms with Gasteiger partial charge in [-0.15, -0.1) is 0 Å². The van der Waals surface area contributed by atoms with Crippen LogP contribution in [0.2, 0.25) is 0 Å². The van der Waals surface area contributed by atoms with E-state index in [0.29, 0.717) is 12.5 Å². The highest BCUT2D eigenvalue weighted by atomic mass is 16.1. The van der Waals surface area contributed by atoms with Crippen molar-refractivity contribution in [3.05, 3.63) is 48.0 Å². The van der Waals surface area contributed by atoms with Crippen molar-refractivity contribution < 1.29 is 4.79 Å². The minimum Gasteiger partial charge on any atom is -0.299 e. The second-order valence-corrected chi connectivity index (χ2v) is 4.29. The van der Waals surface area contributed by atoms with E-state index in [2.05, 4.69) is 24.1 Å². The molecular formula is C14H17NO. The molecule has 84 valence electrons. The second kappa shape index (κ2) is 5.08. The van der Waals surface area contributed by atoms with Crippen molar-refractivity contribution in [2.45, 2.75) is 18.9 Å². The summed E-state index contributed by atoms with van der Waals surface area (Å²) in [7, 11) is 2.08. The molecule has 1 aliphatic rings. The Bertz CT molecular complexity index is 383. The number of nitrogens with zero attached hydrogens (tertiary/aromatic N) is 1. The third kappa shape index (κ3) is 2.58. The molecule has 1 aromatic carbocycles. The molecule has 1 heterocycles. The van der Waals surface area contributed by atoms with Gasteiger partial charge in [0.2, 0.25) is 0 Å². The Labute approximate surface area is 96.6 Å². The van der Waals surface area contributed by atoms with Crippen LogP contribution in [0, 0.1) is 0 Å². The van der Waals surface area contributed by atoms with Crippen molar-refractivity contribution in [2.24, 2.45) is 0 Å². The van der Waals surface area contributed by atoms with Crippen LogP contribution in [0.3, 0.4) is 0 Å². The van der Waals surface area contributed by atoms with Gasteiger partial charge in [0.1, 0.15) is 0 Å². The molecule has 2 nitrogen and oxygen atoms in total. The number of carbonyl (C=O) groups is 1. The molecule has 2 rings (SSSR count). The molecule has 0 bridgehead atoms. The Morgan fingerprint density at radius 3 is 2.75 bits per heavy atom. The molecule has 0 spiro atoms. The van der Waals surface area contributed by atoms with E-state index >= 15 is 0 Å². The summed E-state index contributed by atoms with van der Waals surface area (Å²) in [6.07, 6.45) is 5.92. The maximum Gasteiger partial charge on any atom is 0.164 e. The lowest BCUT2D eigenvalue weighted by atomic mass is 9.99. The molecule has 0 amide bonds. The van der Waals surface area contributed by atoms with Crippen LogP contribution in [-0.2, 0) is 0 Å². The minimum atomic E-state index is 0.243. The zero-order valence-corrected chi connectivity index (χ0v) is 9.60. The highest BCUT2D eigenvalue weighted by molar-refractivity contribution is 5.96. The molecular weight excluding hydrogens is 198 g/mol. The average molecular weight is 215 g/mol. The summed E-state index contributed by atoms with van der Waals surface area (Å²) in [4.78, 5) is 14.2. The van der Waals surface area contributed by atoms with Crippen molar-refractivity contribution >= 4 is 5.78 Å². The molecule has 1 aromatic rings. The summed E-state index contributed by atoms with van der Waals surface area (Å²) < 4.78 is 0. The lowest BCUT2D eigenvalue weighted by Crippen LogP contribution is -2.35. The first-order chi connectivity index (χ1) is 7.77. The highest BCUT2D eigenvalue weighted by Gasteiger charge is 2.19. The molecule has 16 heavy (non-hydrogen) atoms. The van der Waals surface area contributed by atoms with Gasteiger partial charge in [-0.05, 0) is 13.5 Å². The fourth-order valence-corrected chi connectivity index (χ4v) is 2.02. The van der Waals surface area contributed by atoms with Gasteiger partial charge in [0.05, 0.1) is 0 Å². The lowest BCUT2D eigenvalue weighted by Gasteiger charge is -2.28. The van der Waals surface area contributed by atoms with Crippen LogP contribution in [0.15, 0.2) is 42.5 Å². The first-order valence-corrected chi connectivity index (χ1v) is 5.71. The van der Waals surface area contributed by atoms with E-state index in [0.717, 1.165) is 18.5 Å². The summed E-state index contributed by atoms with van der Waals surface area (Å²) in [5.74, 6) is 0.243. The molecule has 1 aliphatic heterocycles. The number of hydrogen-bond donors (Lipinski definition) is 0. The molecule has 0 aliphatic carbocycles. The van der Waals surface area contributed by atoms with Gasteiger partial charge in [-0.1, -0.05) is 42.5 Å². The van der Waals surface area contributed by atoms with E-state index in [-0.39, 0.29) is 5.78 Å². The lowest BCUT2D eigenvalue weighted by molar-refractivity contribution is 0.0937. The van der Waals surface area contributed by atoms with Crippen LogP contribution in [0.1, 0.15) is 23.2 Å². The monoisotopic (exact) mass is 215 g/mol.